The van der Waals surface area contributed by atoms with E-state index in [1.54, 1.807) is 0 Å². The minimum Gasteiger partial charge on any atom is -0.478 e. The number of carbonyl (C=O) groups is 2. The van der Waals surface area contributed by atoms with E-state index in [9.17, 15) is 19.7 Å². The van der Waals surface area contributed by atoms with Crippen LogP contribution in [0.1, 0.15) is 20.7 Å². The van der Waals surface area contributed by atoms with Gasteiger partial charge in [0.2, 0.25) is 5.75 Å². The van der Waals surface area contributed by atoms with Crippen molar-refractivity contribution in [1.29, 1.82) is 0 Å². The molecule has 0 radical (unpaired) electrons. The standard InChI is InChI=1S/C14H9NO7/c16-13(17)8-5-6-11(9(7-8)14(18)19)22-12-4-2-1-3-10(12)15(20)21/h1-7H,(H,16,17)(H,18,19). The number of nitrogens with zero attached hydrogens (tertiary/aromatic N) is 1. The zero-order valence-electron chi connectivity index (χ0n) is 10.9. The average molecular weight is 303 g/mol. The largest absolute Gasteiger partial charge is 0.478 e. The summed E-state index contributed by atoms with van der Waals surface area (Å²) in [5.41, 5.74) is -0.966. The summed E-state index contributed by atoms with van der Waals surface area (Å²) in [4.78, 5) is 32.3. The lowest BCUT2D eigenvalue weighted by Crippen LogP contribution is -2.05. The first-order chi connectivity index (χ1) is 10.4. The van der Waals surface area contributed by atoms with E-state index < -0.39 is 22.4 Å². The Labute approximate surface area is 123 Å². The molecule has 0 saturated carbocycles. The van der Waals surface area contributed by atoms with E-state index in [0.717, 1.165) is 18.2 Å². The topological polar surface area (TPSA) is 127 Å². The first kappa shape index (κ1) is 15.0. The fraction of sp³-hybridized carbons (Fsp3) is 0. The molecular weight excluding hydrogens is 294 g/mol. The molecule has 0 saturated heterocycles. The van der Waals surface area contributed by atoms with Crippen molar-refractivity contribution in [1.82, 2.24) is 0 Å². The Kier molecular flexibility index (Phi) is 4.03. The predicted octanol–water partition coefficient (Wildman–Crippen LogP) is 2.78. The molecule has 0 unspecified atom stereocenters. The number of nitro benzene ring substituents is 1. The van der Waals surface area contributed by atoms with Gasteiger partial charge in [0.25, 0.3) is 0 Å². The van der Waals surface area contributed by atoms with Gasteiger partial charge in [-0.1, -0.05) is 12.1 Å². The van der Waals surface area contributed by atoms with Crippen LogP contribution < -0.4 is 4.74 Å². The molecule has 0 aliphatic heterocycles. The number of benzene rings is 2. The van der Waals surface area contributed by atoms with Gasteiger partial charge in [-0.15, -0.1) is 0 Å². The highest BCUT2D eigenvalue weighted by Crippen LogP contribution is 2.33. The van der Waals surface area contributed by atoms with E-state index >= 15 is 0 Å². The monoisotopic (exact) mass is 303 g/mol. The highest BCUT2D eigenvalue weighted by molar-refractivity contribution is 5.96. The highest BCUT2D eigenvalue weighted by Gasteiger charge is 2.19. The number of carboxylic acids is 2. The summed E-state index contributed by atoms with van der Waals surface area (Å²) in [6.07, 6.45) is 0. The molecule has 0 aromatic heterocycles. The van der Waals surface area contributed by atoms with E-state index in [1.807, 2.05) is 0 Å². The maximum atomic E-state index is 11.2. The van der Waals surface area contributed by atoms with Gasteiger partial charge in [0.1, 0.15) is 11.3 Å². The van der Waals surface area contributed by atoms with Gasteiger partial charge < -0.3 is 14.9 Å². The van der Waals surface area contributed by atoms with E-state index in [4.69, 9.17) is 14.9 Å². The van der Waals surface area contributed by atoms with Crippen LogP contribution in [0.2, 0.25) is 0 Å². The van der Waals surface area contributed by atoms with Crippen molar-refractivity contribution < 1.29 is 29.5 Å². The molecule has 2 rings (SSSR count). The van der Waals surface area contributed by atoms with Crippen LogP contribution in [0.15, 0.2) is 42.5 Å². The second-order valence-corrected chi connectivity index (χ2v) is 4.15. The summed E-state index contributed by atoms with van der Waals surface area (Å²) < 4.78 is 5.28. The van der Waals surface area contributed by atoms with Crippen LogP contribution in [-0.4, -0.2) is 27.1 Å². The van der Waals surface area contributed by atoms with E-state index in [1.165, 1.54) is 24.3 Å². The van der Waals surface area contributed by atoms with Crippen LogP contribution >= 0.6 is 0 Å². The minimum atomic E-state index is -1.41. The van der Waals surface area contributed by atoms with Gasteiger partial charge in [0.05, 0.1) is 10.5 Å². The second kappa shape index (κ2) is 5.92. The molecule has 0 atom stereocenters. The molecule has 0 bridgehead atoms. The Morgan fingerprint density at radius 2 is 1.68 bits per heavy atom. The number of nitro groups is 1. The maximum Gasteiger partial charge on any atom is 0.339 e. The van der Waals surface area contributed by atoms with Crippen molar-refractivity contribution in [3.63, 3.8) is 0 Å². The Morgan fingerprint density at radius 1 is 1.00 bits per heavy atom. The summed E-state index contributed by atoms with van der Waals surface area (Å²) in [5.74, 6) is -3.03. The smallest absolute Gasteiger partial charge is 0.339 e. The number of para-hydroxylation sites is 2. The van der Waals surface area contributed by atoms with Gasteiger partial charge in [-0.3, -0.25) is 10.1 Å². The van der Waals surface area contributed by atoms with Crippen molar-refractivity contribution in [2.24, 2.45) is 0 Å². The number of carboxylic acid groups (broad SMARTS) is 2. The van der Waals surface area contributed by atoms with Crippen LogP contribution in [0, 0.1) is 10.1 Å². The molecule has 8 heteroatoms. The van der Waals surface area contributed by atoms with Gasteiger partial charge in [0, 0.05) is 6.07 Å². The van der Waals surface area contributed by atoms with Gasteiger partial charge in [-0.05, 0) is 24.3 Å². The fourth-order valence-corrected chi connectivity index (χ4v) is 1.73. The molecule has 112 valence electrons. The number of aromatic carboxylic acids is 2. The third-order valence-corrected chi connectivity index (χ3v) is 2.74. The molecule has 0 aliphatic carbocycles. The lowest BCUT2D eigenvalue weighted by Gasteiger charge is -2.09. The zero-order chi connectivity index (χ0) is 16.3. The van der Waals surface area contributed by atoms with Crippen molar-refractivity contribution in [3.05, 3.63) is 63.7 Å². The minimum absolute atomic E-state index is 0.141. The quantitative estimate of drug-likeness (QED) is 0.642. The normalized spacial score (nSPS) is 10.0. The number of ether oxygens (including phenoxy) is 1. The predicted molar refractivity (Wildman–Crippen MR) is 73.5 cm³/mol. The van der Waals surface area contributed by atoms with Crippen molar-refractivity contribution in [2.45, 2.75) is 0 Å². The number of hydrogen-bond acceptors (Lipinski definition) is 5. The van der Waals surface area contributed by atoms with Crippen LogP contribution in [0.4, 0.5) is 5.69 Å². The lowest BCUT2D eigenvalue weighted by atomic mass is 10.1. The fourth-order valence-electron chi connectivity index (χ4n) is 1.73. The highest BCUT2D eigenvalue weighted by atomic mass is 16.6. The lowest BCUT2D eigenvalue weighted by molar-refractivity contribution is -0.385. The number of rotatable bonds is 5. The third-order valence-electron chi connectivity index (χ3n) is 2.74. The average Bonchev–Trinajstić information content (AvgIpc) is 2.47. The first-order valence-electron chi connectivity index (χ1n) is 5.92. The Morgan fingerprint density at radius 3 is 2.27 bits per heavy atom. The Bertz CT molecular complexity index is 770. The molecule has 0 spiro atoms. The van der Waals surface area contributed by atoms with E-state index in [-0.39, 0.29) is 22.7 Å². The van der Waals surface area contributed by atoms with Crippen molar-refractivity contribution >= 4 is 17.6 Å². The molecule has 2 aromatic carbocycles. The summed E-state index contributed by atoms with van der Waals surface area (Å²) in [6.45, 7) is 0. The Balaban J connectivity index is 2.48. The summed E-state index contributed by atoms with van der Waals surface area (Å²) in [5, 5.41) is 28.9. The van der Waals surface area contributed by atoms with Crippen LogP contribution in [0.3, 0.4) is 0 Å². The van der Waals surface area contributed by atoms with Gasteiger partial charge in [-0.25, -0.2) is 9.59 Å². The third kappa shape index (κ3) is 3.01. The summed E-state index contributed by atoms with van der Waals surface area (Å²) >= 11 is 0. The number of hydrogen-bond donors (Lipinski definition) is 2. The molecule has 0 heterocycles. The van der Waals surface area contributed by atoms with E-state index in [2.05, 4.69) is 0 Å². The zero-order valence-corrected chi connectivity index (χ0v) is 10.9. The molecule has 8 nitrogen and oxygen atoms in total. The van der Waals surface area contributed by atoms with Gasteiger partial charge in [-0.2, -0.15) is 0 Å². The molecule has 2 N–H and O–H groups in total. The summed E-state index contributed by atoms with van der Waals surface area (Å²) in [7, 11) is 0. The second-order valence-electron chi connectivity index (χ2n) is 4.15. The van der Waals surface area contributed by atoms with Crippen LogP contribution in [0.25, 0.3) is 0 Å². The molecule has 22 heavy (non-hydrogen) atoms. The van der Waals surface area contributed by atoms with Crippen molar-refractivity contribution in [3.8, 4) is 11.5 Å². The van der Waals surface area contributed by atoms with Gasteiger partial charge in [0.15, 0.2) is 0 Å². The molecule has 0 fully saturated rings. The molecule has 0 aliphatic rings. The SMILES string of the molecule is O=C(O)c1ccc(Oc2ccccc2[N+](=O)[O-])c(C(=O)O)c1. The molecule has 0 amide bonds. The first-order valence-corrected chi connectivity index (χ1v) is 5.92. The summed E-state index contributed by atoms with van der Waals surface area (Å²) in [6, 6.07) is 8.68. The van der Waals surface area contributed by atoms with Crippen LogP contribution in [0.5, 0.6) is 11.5 Å². The Hall–Kier alpha value is -3.42. The van der Waals surface area contributed by atoms with Gasteiger partial charge >= 0.3 is 17.6 Å². The molecule has 2 aromatic rings. The van der Waals surface area contributed by atoms with E-state index in [0.29, 0.717) is 0 Å². The molecular formula is C14H9NO7. The van der Waals surface area contributed by atoms with Crippen molar-refractivity contribution in [2.75, 3.05) is 0 Å². The maximum absolute atomic E-state index is 11.2. The van der Waals surface area contributed by atoms with Crippen LogP contribution in [-0.2, 0) is 0 Å².